The smallest absolute Gasteiger partial charge is 0.163 e. The summed E-state index contributed by atoms with van der Waals surface area (Å²) in [4.78, 5) is 0. The average molecular weight is 344 g/mol. The van der Waals surface area contributed by atoms with Crippen LogP contribution in [0.3, 0.4) is 0 Å². The second-order valence-corrected chi connectivity index (χ2v) is 7.06. The van der Waals surface area contributed by atoms with Crippen molar-refractivity contribution < 1.29 is 23.7 Å². The molecule has 0 saturated carbocycles. The first-order valence-corrected chi connectivity index (χ1v) is 8.49. The van der Waals surface area contributed by atoms with Gasteiger partial charge >= 0.3 is 0 Å². The number of aliphatic hydroxyl groups is 1. The molecule has 4 rings (SSSR count). The van der Waals surface area contributed by atoms with Gasteiger partial charge < -0.3 is 19.3 Å². The van der Waals surface area contributed by atoms with Crippen LogP contribution in [0, 0.1) is 5.82 Å². The Kier molecular flexibility index (Phi) is 4.02. The molecule has 1 N–H and O–H groups in total. The fourth-order valence-electron chi connectivity index (χ4n) is 3.65. The molecule has 0 spiro atoms. The van der Waals surface area contributed by atoms with E-state index in [-0.39, 0.29) is 12.0 Å². The highest BCUT2D eigenvalue weighted by molar-refractivity contribution is 5.48. The molecule has 2 aliphatic heterocycles. The van der Waals surface area contributed by atoms with Crippen LogP contribution in [0.5, 0.6) is 11.5 Å². The van der Waals surface area contributed by atoms with Gasteiger partial charge in [-0.1, -0.05) is 18.2 Å². The third-order valence-corrected chi connectivity index (χ3v) is 4.79. The normalized spacial score (nSPS) is 27.1. The molecule has 0 amide bonds. The Labute approximate surface area is 146 Å². The van der Waals surface area contributed by atoms with Crippen molar-refractivity contribution in [1.29, 1.82) is 0 Å². The second-order valence-electron chi connectivity index (χ2n) is 7.06. The van der Waals surface area contributed by atoms with Crippen LogP contribution in [-0.2, 0) is 9.47 Å². The Hall–Kier alpha value is -1.95. The van der Waals surface area contributed by atoms with E-state index in [4.69, 9.17) is 14.2 Å². The monoisotopic (exact) mass is 344 g/mol. The van der Waals surface area contributed by atoms with Gasteiger partial charge in [0, 0.05) is 17.0 Å². The van der Waals surface area contributed by atoms with Gasteiger partial charge in [-0.05, 0) is 44.5 Å². The first kappa shape index (κ1) is 16.5. The molecule has 2 aromatic carbocycles. The van der Waals surface area contributed by atoms with Crippen LogP contribution >= 0.6 is 0 Å². The lowest BCUT2D eigenvalue weighted by atomic mass is 9.85. The maximum Gasteiger partial charge on any atom is 0.163 e. The van der Waals surface area contributed by atoms with Crippen molar-refractivity contribution in [2.24, 2.45) is 0 Å². The standard InChI is InChI=1S/C20H21FO4/c1-20(2)23-11-13(25-20)10-15-14-5-3-4-6-17(14)24-18-8-7-12(21)9-16(18)19(15)22/h3-9,13,15,19,22H,10-11H2,1-2H3/t13-,15-,19-/m1/s1. The molecule has 2 heterocycles. The number of hydrogen-bond donors (Lipinski definition) is 1. The number of ether oxygens (including phenoxy) is 3. The van der Waals surface area contributed by atoms with E-state index in [0.29, 0.717) is 30.1 Å². The first-order chi connectivity index (χ1) is 11.9. The summed E-state index contributed by atoms with van der Waals surface area (Å²) in [5.41, 5.74) is 1.35. The minimum Gasteiger partial charge on any atom is -0.457 e. The molecule has 5 heteroatoms. The van der Waals surface area contributed by atoms with Crippen LogP contribution < -0.4 is 4.74 Å². The lowest BCUT2D eigenvalue weighted by molar-refractivity contribution is -0.140. The molecule has 0 unspecified atom stereocenters. The predicted molar refractivity (Wildman–Crippen MR) is 90.1 cm³/mol. The molecule has 4 nitrogen and oxygen atoms in total. The number of hydrogen-bond acceptors (Lipinski definition) is 4. The molecular weight excluding hydrogens is 323 g/mol. The van der Waals surface area contributed by atoms with Crippen LogP contribution in [-0.4, -0.2) is 23.6 Å². The van der Waals surface area contributed by atoms with E-state index < -0.39 is 17.7 Å². The summed E-state index contributed by atoms with van der Waals surface area (Å²) in [5.74, 6) is -0.141. The van der Waals surface area contributed by atoms with Crippen LogP contribution in [0.25, 0.3) is 0 Å². The van der Waals surface area contributed by atoms with Gasteiger partial charge in [-0.2, -0.15) is 0 Å². The number of fused-ring (bicyclic) bond motifs is 2. The molecule has 132 valence electrons. The molecule has 1 saturated heterocycles. The second kappa shape index (κ2) is 6.09. The third-order valence-electron chi connectivity index (χ3n) is 4.79. The summed E-state index contributed by atoms with van der Waals surface area (Å²) in [7, 11) is 0. The molecule has 0 radical (unpaired) electrons. The summed E-state index contributed by atoms with van der Waals surface area (Å²) in [6.07, 6.45) is -0.472. The fraction of sp³-hybridized carbons (Fsp3) is 0.400. The minimum absolute atomic E-state index is 0.141. The largest absolute Gasteiger partial charge is 0.457 e. The maximum absolute atomic E-state index is 13.8. The van der Waals surface area contributed by atoms with Gasteiger partial charge in [0.25, 0.3) is 0 Å². The molecule has 0 aromatic heterocycles. The summed E-state index contributed by atoms with van der Waals surface area (Å²) < 4.78 is 31.3. The number of halogens is 1. The quantitative estimate of drug-likeness (QED) is 0.883. The highest BCUT2D eigenvalue weighted by Crippen LogP contribution is 2.47. The Morgan fingerprint density at radius 2 is 1.88 bits per heavy atom. The van der Waals surface area contributed by atoms with Crippen LogP contribution in [0.1, 0.15) is 43.4 Å². The summed E-state index contributed by atoms with van der Waals surface area (Å²) in [6.45, 7) is 4.21. The Balaban J connectivity index is 1.73. The van der Waals surface area contributed by atoms with Crippen molar-refractivity contribution >= 4 is 0 Å². The average Bonchev–Trinajstić information content (AvgIpc) is 2.87. The van der Waals surface area contributed by atoms with Gasteiger partial charge in [-0.15, -0.1) is 0 Å². The third kappa shape index (κ3) is 3.15. The van der Waals surface area contributed by atoms with Gasteiger partial charge in [0.2, 0.25) is 0 Å². The van der Waals surface area contributed by atoms with E-state index in [1.165, 1.54) is 12.1 Å². The van der Waals surface area contributed by atoms with Crippen molar-refractivity contribution in [3.8, 4) is 11.5 Å². The predicted octanol–water partition coefficient (Wildman–Crippen LogP) is 4.29. The Bertz CT molecular complexity index is 789. The minimum atomic E-state index is -0.887. The van der Waals surface area contributed by atoms with Gasteiger partial charge in [0.1, 0.15) is 17.3 Å². The Morgan fingerprint density at radius 1 is 1.12 bits per heavy atom. The van der Waals surface area contributed by atoms with Crippen LogP contribution in [0.15, 0.2) is 42.5 Å². The van der Waals surface area contributed by atoms with E-state index in [1.807, 2.05) is 38.1 Å². The lowest BCUT2D eigenvalue weighted by Crippen LogP contribution is -2.24. The molecular formula is C20H21FO4. The number of benzene rings is 2. The van der Waals surface area contributed by atoms with E-state index in [2.05, 4.69) is 0 Å². The molecule has 25 heavy (non-hydrogen) atoms. The van der Waals surface area contributed by atoms with Crippen LogP contribution in [0.2, 0.25) is 0 Å². The van der Waals surface area contributed by atoms with Crippen molar-refractivity contribution in [2.45, 2.75) is 44.2 Å². The number of para-hydroxylation sites is 1. The fourth-order valence-corrected chi connectivity index (χ4v) is 3.65. The maximum atomic E-state index is 13.8. The van der Waals surface area contributed by atoms with Crippen molar-refractivity contribution in [3.05, 3.63) is 59.4 Å². The molecule has 3 atom stereocenters. The number of aliphatic hydroxyl groups excluding tert-OH is 1. The zero-order valence-electron chi connectivity index (χ0n) is 14.2. The molecule has 0 bridgehead atoms. The summed E-state index contributed by atoms with van der Waals surface area (Å²) in [6, 6.07) is 11.8. The zero-order chi connectivity index (χ0) is 17.6. The van der Waals surface area contributed by atoms with E-state index in [1.54, 1.807) is 6.07 Å². The van der Waals surface area contributed by atoms with Gasteiger partial charge in [0.15, 0.2) is 5.79 Å². The molecule has 2 aromatic rings. The highest BCUT2D eigenvalue weighted by atomic mass is 19.1. The van der Waals surface area contributed by atoms with E-state index >= 15 is 0 Å². The van der Waals surface area contributed by atoms with Gasteiger partial charge in [-0.25, -0.2) is 4.39 Å². The van der Waals surface area contributed by atoms with Crippen molar-refractivity contribution in [2.75, 3.05) is 6.61 Å². The SMILES string of the molecule is CC1(C)OC[C@@H](C[C@@H]2c3ccccc3Oc3ccc(F)cc3[C@@H]2O)O1. The van der Waals surface area contributed by atoms with Gasteiger partial charge in [-0.3, -0.25) is 0 Å². The number of rotatable bonds is 2. The molecule has 2 aliphatic rings. The lowest BCUT2D eigenvalue weighted by Gasteiger charge is -2.25. The van der Waals surface area contributed by atoms with E-state index in [0.717, 1.165) is 5.56 Å². The zero-order valence-corrected chi connectivity index (χ0v) is 14.2. The van der Waals surface area contributed by atoms with Crippen LogP contribution in [0.4, 0.5) is 4.39 Å². The van der Waals surface area contributed by atoms with E-state index in [9.17, 15) is 9.50 Å². The van der Waals surface area contributed by atoms with Gasteiger partial charge in [0.05, 0.1) is 18.8 Å². The molecule has 1 fully saturated rings. The summed E-state index contributed by atoms with van der Waals surface area (Å²) in [5, 5.41) is 11.0. The first-order valence-electron chi connectivity index (χ1n) is 8.49. The van der Waals surface area contributed by atoms with Crippen molar-refractivity contribution in [3.63, 3.8) is 0 Å². The topological polar surface area (TPSA) is 47.9 Å². The Morgan fingerprint density at radius 3 is 2.64 bits per heavy atom. The molecule has 0 aliphatic carbocycles. The summed E-state index contributed by atoms with van der Waals surface area (Å²) >= 11 is 0. The highest BCUT2D eigenvalue weighted by Gasteiger charge is 2.38. The van der Waals surface area contributed by atoms with Crippen molar-refractivity contribution in [1.82, 2.24) is 0 Å².